The molecule has 0 aliphatic carbocycles. The topological polar surface area (TPSA) is 55.2 Å². The van der Waals surface area contributed by atoms with Crippen LogP contribution in [0.1, 0.15) is 0 Å². The first-order valence-electron chi connectivity index (χ1n) is 4.57. The number of methoxy groups -OCH3 is 1. The van der Waals surface area contributed by atoms with Crippen molar-refractivity contribution in [1.82, 2.24) is 10.2 Å². The molecule has 5 heteroatoms. The Morgan fingerprint density at radius 2 is 2.00 bits per heavy atom. The van der Waals surface area contributed by atoms with Crippen LogP contribution in [0.3, 0.4) is 0 Å². The van der Waals surface area contributed by atoms with Gasteiger partial charge in [0.1, 0.15) is 11.5 Å². The first-order chi connectivity index (χ1) is 7.70. The largest absolute Gasteiger partial charge is 0.507 e. The molecule has 82 valence electrons. The van der Waals surface area contributed by atoms with Gasteiger partial charge in [-0.25, -0.2) is 0 Å². The average molecular weight is 237 g/mol. The summed E-state index contributed by atoms with van der Waals surface area (Å²) >= 11 is 5.63. The second-order valence-electron chi connectivity index (χ2n) is 3.12. The Morgan fingerprint density at radius 1 is 1.19 bits per heavy atom. The van der Waals surface area contributed by atoms with Gasteiger partial charge in [-0.05, 0) is 24.3 Å². The third-order valence-electron chi connectivity index (χ3n) is 2.11. The molecule has 0 amide bonds. The zero-order valence-corrected chi connectivity index (χ0v) is 9.27. The first kappa shape index (κ1) is 10.7. The van der Waals surface area contributed by atoms with Crippen molar-refractivity contribution in [3.63, 3.8) is 0 Å². The molecular weight excluding hydrogens is 228 g/mol. The molecule has 0 spiro atoms. The Kier molecular flexibility index (Phi) is 2.92. The van der Waals surface area contributed by atoms with Crippen molar-refractivity contribution in [3.05, 3.63) is 35.5 Å². The van der Waals surface area contributed by atoms with Gasteiger partial charge in [0.15, 0.2) is 5.15 Å². The van der Waals surface area contributed by atoms with Crippen LogP contribution in [0.15, 0.2) is 30.3 Å². The van der Waals surface area contributed by atoms with Crippen molar-refractivity contribution in [2.24, 2.45) is 0 Å². The van der Waals surface area contributed by atoms with Crippen LogP contribution >= 0.6 is 11.6 Å². The summed E-state index contributed by atoms with van der Waals surface area (Å²) in [6.45, 7) is 0. The zero-order chi connectivity index (χ0) is 11.5. The molecule has 0 unspecified atom stereocenters. The molecule has 0 fully saturated rings. The van der Waals surface area contributed by atoms with Gasteiger partial charge in [0.2, 0.25) is 0 Å². The highest BCUT2D eigenvalue weighted by Gasteiger charge is 2.07. The van der Waals surface area contributed by atoms with Gasteiger partial charge in [-0.15, -0.1) is 10.2 Å². The van der Waals surface area contributed by atoms with Crippen LogP contribution in [0.25, 0.3) is 11.3 Å². The van der Waals surface area contributed by atoms with E-state index in [0.29, 0.717) is 22.2 Å². The van der Waals surface area contributed by atoms with E-state index in [4.69, 9.17) is 16.3 Å². The summed E-state index contributed by atoms with van der Waals surface area (Å²) in [7, 11) is 1.54. The number of phenols is 1. The summed E-state index contributed by atoms with van der Waals surface area (Å²) in [6, 6.07) is 8.29. The fourth-order valence-electron chi connectivity index (χ4n) is 1.31. The summed E-state index contributed by atoms with van der Waals surface area (Å²) in [5.74, 6) is 0.680. The fourth-order valence-corrected chi connectivity index (χ4v) is 1.42. The van der Waals surface area contributed by atoms with E-state index in [1.54, 1.807) is 24.3 Å². The van der Waals surface area contributed by atoms with Crippen molar-refractivity contribution < 1.29 is 9.84 Å². The number of hydrogen-bond donors (Lipinski definition) is 1. The summed E-state index contributed by atoms with van der Waals surface area (Å²) in [4.78, 5) is 0. The van der Waals surface area contributed by atoms with Crippen LogP contribution in [-0.4, -0.2) is 22.4 Å². The van der Waals surface area contributed by atoms with Gasteiger partial charge < -0.3 is 9.84 Å². The molecule has 1 heterocycles. The van der Waals surface area contributed by atoms with Crippen molar-refractivity contribution >= 4 is 11.6 Å². The average Bonchev–Trinajstić information content (AvgIpc) is 2.30. The highest BCUT2D eigenvalue weighted by atomic mass is 35.5. The summed E-state index contributed by atoms with van der Waals surface area (Å²) in [5.41, 5.74) is 1.15. The lowest BCUT2D eigenvalue weighted by atomic mass is 10.1. The van der Waals surface area contributed by atoms with E-state index in [2.05, 4.69) is 10.2 Å². The van der Waals surface area contributed by atoms with Gasteiger partial charge in [0, 0.05) is 11.6 Å². The van der Waals surface area contributed by atoms with Crippen molar-refractivity contribution in [1.29, 1.82) is 0 Å². The third kappa shape index (κ3) is 2.06. The molecular formula is C11H9ClN2O2. The number of rotatable bonds is 2. The number of phenolic OH excluding ortho intramolecular Hbond substituents is 1. The number of ether oxygens (including phenoxy) is 1. The van der Waals surface area contributed by atoms with Gasteiger partial charge in [0.25, 0.3) is 0 Å². The number of nitrogens with zero attached hydrogens (tertiary/aromatic N) is 2. The normalized spacial score (nSPS) is 10.1. The zero-order valence-electron chi connectivity index (χ0n) is 8.51. The minimum atomic E-state index is 0.0935. The SMILES string of the molecule is COc1ccc(-c2ccc(Cl)nn2)c(O)c1. The maximum atomic E-state index is 9.76. The van der Waals surface area contributed by atoms with Crippen LogP contribution in [0.2, 0.25) is 5.15 Å². The quantitative estimate of drug-likeness (QED) is 0.871. The highest BCUT2D eigenvalue weighted by Crippen LogP contribution is 2.30. The number of aromatic nitrogens is 2. The van der Waals surface area contributed by atoms with Gasteiger partial charge in [0.05, 0.1) is 12.8 Å². The molecule has 1 aromatic carbocycles. The number of benzene rings is 1. The van der Waals surface area contributed by atoms with E-state index in [1.807, 2.05) is 0 Å². The lowest BCUT2D eigenvalue weighted by Crippen LogP contribution is -1.89. The summed E-state index contributed by atoms with van der Waals surface area (Å²) < 4.78 is 4.99. The number of aromatic hydroxyl groups is 1. The minimum Gasteiger partial charge on any atom is -0.507 e. The van der Waals surface area contributed by atoms with E-state index in [-0.39, 0.29) is 5.75 Å². The standard InChI is InChI=1S/C11H9ClN2O2/c1-16-7-2-3-8(10(15)6-7)9-4-5-11(12)14-13-9/h2-6,15H,1H3. The van der Waals surface area contributed by atoms with Gasteiger partial charge in [-0.3, -0.25) is 0 Å². The van der Waals surface area contributed by atoms with E-state index in [9.17, 15) is 5.11 Å². The fraction of sp³-hybridized carbons (Fsp3) is 0.0909. The molecule has 0 atom stereocenters. The van der Waals surface area contributed by atoms with Gasteiger partial charge in [-0.2, -0.15) is 0 Å². The second-order valence-corrected chi connectivity index (χ2v) is 3.51. The molecule has 2 aromatic rings. The smallest absolute Gasteiger partial charge is 0.151 e. The van der Waals surface area contributed by atoms with Crippen LogP contribution in [0, 0.1) is 0 Å². The van der Waals surface area contributed by atoms with E-state index in [1.165, 1.54) is 13.2 Å². The Bertz CT molecular complexity index is 500. The second kappa shape index (κ2) is 4.37. The van der Waals surface area contributed by atoms with Crippen LogP contribution in [0.4, 0.5) is 0 Å². The van der Waals surface area contributed by atoms with Gasteiger partial charge in [-0.1, -0.05) is 11.6 Å². The monoisotopic (exact) mass is 236 g/mol. The molecule has 1 N–H and O–H groups in total. The number of halogens is 1. The Labute approximate surface area is 97.5 Å². The Morgan fingerprint density at radius 3 is 2.56 bits per heavy atom. The molecule has 0 radical (unpaired) electrons. The Hall–Kier alpha value is -1.81. The lowest BCUT2D eigenvalue weighted by molar-refractivity contribution is 0.408. The van der Waals surface area contributed by atoms with E-state index in [0.717, 1.165) is 0 Å². The third-order valence-corrected chi connectivity index (χ3v) is 2.31. The minimum absolute atomic E-state index is 0.0935. The molecule has 0 aliphatic rings. The maximum Gasteiger partial charge on any atom is 0.151 e. The van der Waals surface area contributed by atoms with Crippen molar-refractivity contribution in [3.8, 4) is 22.8 Å². The first-order valence-corrected chi connectivity index (χ1v) is 4.95. The molecule has 0 saturated heterocycles. The lowest BCUT2D eigenvalue weighted by Gasteiger charge is -2.05. The summed E-state index contributed by atoms with van der Waals surface area (Å²) in [6.07, 6.45) is 0. The molecule has 0 aliphatic heterocycles. The van der Waals surface area contributed by atoms with Crippen molar-refractivity contribution in [2.75, 3.05) is 7.11 Å². The van der Waals surface area contributed by atoms with E-state index >= 15 is 0 Å². The predicted molar refractivity (Wildman–Crippen MR) is 60.7 cm³/mol. The highest BCUT2D eigenvalue weighted by molar-refractivity contribution is 6.29. The molecule has 0 bridgehead atoms. The van der Waals surface area contributed by atoms with Gasteiger partial charge >= 0.3 is 0 Å². The predicted octanol–water partition coefficient (Wildman–Crippen LogP) is 2.51. The van der Waals surface area contributed by atoms with Crippen LogP contribution in [0.5, 0.6) is 11.5 Å². The van der Waals surface area contributed by atoms with E-state index < -0.39 is 0 Å². The Balaban J connectivity index is 2.44. The molecule has 2 rings (SSSR count). The van der Waals surface area contributed by atoms with Crippen molar-refractivity contribution in [2.45, 2.75) is 0 Å². The molecule has 0 saturated carbocycles. The molecule has 1 aromatic heterocycles. The van der Waals surface area contributed by atoms with Crippen LogP contribution in [-0.2, 0) is 0 Å². The molecule has 16 heavy (non-hydrogen) atoms. The summed E-state index contributed by atoms with van der Waals surface area (Å²) in [5, 5.41) is 17.7. The molecule has 4 nitrogen and oxygen atoms in total. The van der Waals surface area contributed by atoms with Crippen LogP contribution < -0.4 is 4.74 Å². The number of hydrogen-bond acceptors (Lipinski definition) is 4. The maximum absolute atomic E-state index is 9.76.